The fourth-order valence-electron chi connectivity index (χ4n) is 1.86. The number of hydrogen-bond donors (Lipinski definition) is 1. The van der Waals surface area contributed by atoms with E-state index in [4.69, 9.17) is 0 Å². The topological polar surface area (TPSA) is 15.3 Å². The average Bonchev–Trinajstić information content (AvgIpc) is 2.34. The molecule has 108 valence electrons. The van der Waals surface area contributed by atoms with Gasteiger partial charge in [-0.3, -0.25) is 0 Å². The van der Waals surface area contributed by atoms with Crippen molar-refractivity contribution >= 4 is 5.69 Å². The SMILES string of the molecule is CCCNC(C)c1ccc(N(C)CC(F)(F)F)cc1. The van der Waals surface area contributed by atoms with Gasteiger partial charge in [0.05, 0.1) is 0 Å². The molecule has 2 nitrogen and oxygen atoms in total. The van der Waals surface area contributed by atoms with Crippen molar-refractivity contribution in [1.29, 1.82) is 0 Å². The van der Waals surface area contributed by atoms with Crippen LogP contribution in [0.5, 0.6) is 0 Å². The number of alkyl halides is 3. The Morgan fingerprint density at radius 3 is 2.26 bits per heavy atom. The number of hydrogen-bond acceptors (Lipinski definition) is 2. The number of benzene rings is 1. The van der Waals surface area contributed by atoms with Gasteiger partial charge in [-0.2, -0.15) is 13.2 Å². The van der Waals surface area contributed by atoms with E-state index in [1.807, 2.05) is 19.1 Å². The number of rotatable bonds is 6. The average molecular weight is 274 g/mol. The number of halogens is 3. The second-order valence-electron chi connectivity index (χ2n) is 4.74. The molecule has 0 saturated heterocycles. The highest BCUT2D eigenvalue weighted by Gasteiger charge is 2.29. The predicted molar refractivity (Wildman–Crippen MR) is 72.5 cm³/mol. The molecule has 1 unspecified atom stereocenters. The maximum Gasteiger partial charge on any atom is 0.405 e. The van der Waals surface area contributed by atoms with Gasteiger partial charge in [-0.25, -0.2) is 0 Å². The van der Waals surface area contributed by atoms with E-state index in [0.717, 1.165) is 18.5 Å². The molecule has 1 aromatic carbocycles. The van der Waals surface area contributed by atoms with Crippen LogP contribution in [0.3, 0.4) is 0 Å². The lowest BCUT2D eigenvalue weighted by atomic mass is 10.1. The highest BCUT2D eigenvalue weighted by atomic mass is 19.4. The first kappa shape index (κ1) is 15.8. The van der Waals surface area contributed by atoms with Gasteiger partial charge in [0.25, 0.3) is 0 Å². The lowest BCUT2D eigenvalue weighted by molar-refractivity contribution is -0.119. The van der Waals surface area contributed by atoms with Gasteiger partial charge in [0.1, 0.15) is 6.54 Å². The van der Waals surface area contributed by atoms with Crippen LogP contribution in [0.2, 0.25) is 0 Å². The molecule has 1 atom stereocenters. The second kappa shape index (κ2) is 6.80. The van der Waals surface area contributed by atoms with E-state index in [2.05, 4.69) is 12.2 Å². The summed E-state index contributed by atoms with van der Waals surface area (Å²) in [6.45, 7) is 4.13. The Balaban J connectivity index is 2.65. The van der Waals surface area contributed by atoms with E-state index in [1.54, 1.807) is 12.1 Å². The Hall–Kier alpha value is -1.23. The van der Waals surface area contributed by atoms with Gasteiger partial charge >= 0.3 is 6.18 Å². The van der Waals surface area contributed by atoms with Crippen LogP contribution in [0, 0.1) is 0 Å². The number of nitrogens with zero attached hydrogens (tertiary/aromatic N) is 1. The molecule has 0 aromatic heterocycles. The molecule has 1 rings (SSSR count). The summed E-state index contributed by atoms with van der Waals surface area (Å²) in [7, 11) is 1.45. The smallest absolute Gasteiger partial charge is 0.366 e. The van der Waals surface area contributed by atoms with E-state index >= 15 is 0 Å². The Bertz CT molecular complexity index is 373. The van der Waals surface area contributed by atoms with Crippen LogP contribution in [-0.2, 0) is 0 Å². The summed E-state index contributed by atoms with van der Waals surface area (Å²) in [6, 6.07) is 7.41. The minimum absolute atomic E-state index is 0.210. The van der Waals surface area contributed by atoms with Crippen LogP contribution < -0.4 is 10.2 Å². The summed E-state index contributed by atoms with van der Waals surface area (Å²) in [5.74, 6) is 0. The highest BCUT2D eigenvalue weighted by Crippen LogP contribution is 2.22. The second-order valence-corrected chi connectivity index (χ2v) is 4.74. The summed E-state index contributed by atoms with van der Waals surface area (Å²) in [4.78, 5) is 1.20. The summed E-state index contributed by atoms with van der Waals surface area (Å²) in [5.41, 5.74) is 1.65. The van der Waals surface area contributed by atoms with Crippen molar-refractivity contribution in [2.24, 2.45) is 0 Å². The number of nitrogens with one attached hydrogen (secondary N) is 1. The third-order valence-electron chi connectivity index (χ3n) is 2.95. The van der Waals surface area contributed by atoms with Crippen LogP contribution in [0.1, 0.15) is 31.9 Å². The Kier molecular flexibility index (Phi) is 5.66. The maximum atomic E-state index is 12.3. The normalized spacial score (nSPS) is 13.4. The molecule has 0 fully saturated rings. The highest BCUT2D eigenvalue weighted by molar-refractivity contribution is 5.47. The predicted octanol–water partition coefficient (Wildman–Crippen LogP) is 3.75. The molecule has 1 N–H and O–H groups in total. The van der Waals surface area contributed by atoms with Crippen molar-refractivity contribution in [3.8, 4) is 0 Å². The molecule has 0 aliphatic heterocycles. The summed E-state index contributed by atoms with van der Waals surface area (Å²) >= 11 is 0. The fraction of sp³-hybridized carbons (Fsp3) is 0.571. The third-order valence-corrected chi connectivity index (χ3v) is 2.95. The summed E-state index contributed by atoms with van der Waals surface area (Å²) in [5, 5.41) is 3.34. The van der Waals surface area contributed by atoms with Crippen molar-refractivity contribution in [2.45, 2.75) is 32.5 Å². The molecule has 19 heavy (non-hydrogen) atoms. The van der Waals surface area contributed by atoms with Crippen molar-refractivity contribution in [3.05, 3.63) is 29.8 Å². The summed E-state index contributed by atoms with van der Waals surface area (Å²) in [6.07, 6.45) is -3.12. The standard InChI is InChI=1S/C14H21F3N2/c1-4-9-18-11(2)12-5-7-13(8-6-12)19(3)10-14(15,16)17/h5-8,11,18H,4,9-10H2,1-3H3. The molecule has 0 spiro atoms. The lowest BCUT2D eigenvalue weighted by Gasteiger charge is -2.22. The van der Waals surface area contributed by atoms with Crippen LogP contribution >= 0.6 is 0 Å². The molecule has 1 aromatic rings. The Labute approximate surface area is 112 Å². The van der Waals surface area contributed by atoms with Gasteiger partial charge in [0.2, 0.25) is 0 Å². The van der Waals surface area contributed by atoms with E-state index in [1.165, 1.54) is 11.9 Å². The molecule has 0 heterocycles. The van der Waals surface area contributed by atoms with Crippen molar-refractivity contribution in [2.75, 3.05) is 25.0 Å². The van der Waals surface area contributed by atoms with Gasteiger partial charge in [0, 0.05) is 18.8 Å². The van der Waals surface area contributed by atoms with Gasteiger partial charge in [0.15, 0.2) is 0 Å². The van der Waals surface area contributed by atoms with Crippen molar-refractivity contribution in [1.82, 2.24) is 5.32 Å². The van der Waals surface area contributed by atoms with Gasteiger partial charge in [-0.05, 0) is 37.6 Å². The molecule has 5 heteroatoms. The molecule has 0 aliphatic rings. The monoisotopic (exact) mass is 274 g/mol. The van der Waals surface area contributed by atoms with Crippen LogP contribution in [-0.4, -0.2) is 26.3 Å². The van der Waals surface area contributed by atoms with Crippen LogP contribution in [0.15, 0.2) is 24.3 Å². The first-order valence-corrected chi connectivity index (χ1v) is 6.44. The van der Waals surface area contributed by atoms with Gasteiger partial charge < -0.3 is 10.2 Å². The first-order valence-electron chi connectivity index (χ1n) is 6.44. The van der Waals surface area contributed by atoms with Gasteiger partial charge in [-0.15, -0.1) is 0 Å². The summed E-state index contributed by atoms with van der Waals surface area (Å²) < 4.78 is 36.9. The lowest BCUT2D eigenvalue weighted by Crippen LogP contribution is -2.30. The minimum Gasteiger partial charge on any atom is -0.366 e. The molecule has 0 amide bonds. The van der Waals surface area contributed by atoms with Crippen LogP contribution in [0.25, 0.3) is 0 Å². The first-order chi connectivity index (χ1) is 8.83. The van der Waals surface area contributed by atoms with E-state index in [-0.39, 0.29) is 6.04 Å². The van der Waals surface area contributed by atoms with Crippen LogP contribution in [0.4, 0.5) is 18.9 Å². The molecule has 0 aliphatic carbocycles. The maximum absolute atomic E-state index is 12.3. The molecule has 0 radical (unpaired) electrons. The zero-order valence-corrected chi connectivity index (χ0v) is 11.6. The Morgan fingerprint density at radius 2 is 1.79 bits per heavy atom. The molecule has 0 bridgehead atoms. The largest absolute Gasteiger partial charge is 0.405 e. The Morgan fingerprint density at radius 1 is 1.21 bits per heavy atom. The fourth-order valence-corrected chi connectivity index (χ4v) is 1.86. The number of anilines is 1. The van der Waals surface area contributed by atoms with Crippen molar-refractivity contribution in [3.63, 3.8) is 0 Å². The zero-order chi connectivity index (χ0) is 14.5. The zero-order valence-electron chi connectivity index (χ0n) is 11.6. The molecular weight excluding hydrogens is 253 g/mol. The quantitative estimate of drug-likeness (QED) is 0.850. The molecular formula is C14H21F3N2. The molecule has 0 saturated carbocycles. The third kappa shape index (κ3) is 5.51. The van der Waals surface area contributed by atoms with E-state index < -0.39 is 12.7 Å². The van der Waals surface area contributed by atoms with Crippen molar-refractivity contribution < 1.29 is 13.2 Å². The van der Waals surface area contributed by atoms with E-state index in [9.17, 15) is 13.2 Å². The minimum atomic E-state index is -4.18. The van der Waals surface area contributed by atoms with Gasteiger partial charge in [-0.1, -0.05) is 19.1 Å². The van der Waals surface area contributed by atoms with E-state index in [0.29, 0.717) is 5.69 Å².